The van der Waals surface area contributed by atoms with Crippen LogP contribution in [0.3, 0.4) is 0 Å². The number of aliphatic hydroxyl groups excluding tert-OH is 1. The molecule has 1 amide bonds. The smallest absolute Gasteiger partial charge is 0.300 e. The number of hydrogen-bond acceptors (Lipinski definition) is 5. The number of ether oxygens (including phenoxy) is 1. The highest BCUT2D eigenvalue weighted by molar-refractivity contribution is 6.51. The van der Waals surface area contributed by atoms with E-state index in [-0.39, 0.29) is 17.1 Å². The van der Waals surface area contributed by atoms with E-state index in [2.05, 4.69) is 0 Å². The van der Waals surface area contributed by atoms with E-state index in [4.69, 9.17) is 16.3 Å². The molecule has 1 unspecified atom stereocenters. The lowest BCUT2D eigenvalue weighted by atomic mass is 9.93. The van der Waals surface area contributed by atoms with Gasteiger partial charge in [-0.25, -0.2) is 0 Å². The molecule has 1 aliphatic rings. The largest absolute Gasteiger partial charge is 0.508 e. The summed E-state index contributed by atoms with van der Waals surface area (Å²) in [5.41, 5.74) is 2.89. The number of halogens is 1. The summed E-state index contributed by atoms with van der Waals surface area (Å²) in [5, 5.41) is 21.6. The maximum atomic E-state index is 13.2. The first-order chi connectivity index (χ1) is 15.7. The normalized spacial score (nSPS) is 17.5. The topological polar surface area (TPSA) is 87.1 Å². The van der Waals surface area contributed by atoms with Gasteiger partial charge in [0.1, 0.15) is 17.3 Å². The van der Waals surface area contributed by atoms with Crippen molar-refractivity contribution in [1.82, 2.24) is 0 Å². The van der Waals surface area contributed by atoms with Gasteiger partial charge in [-0.1, -0.05) is 23.7 Å². The maximum absolute atomic E-state index is 13.2. The van der Waals surface area contributed by atoms with Crippen LogP contribution < -0.4 is 9.64 Å². The molecule has 0 radical (unpaired) electrons. The van der Waals surface area contributed by atoms with Gasteiger partial charge in [-0.2, -0.15) is 0 Å². The van der Waals surface area contributed by atoms with Crippen molar-refractivity contribution in [1.29, 1.82) is 0 Å². The number of aryl methyl sites for hydroxylation is 2. The number of benzene rings is 3. The van der Waals surface area contributed by atoms with Crippen LogP contribution in [0.4, 0.5) is 5.69 Å². The molecule has 168 valence electrons. The number of methoxy groups -OCH3 is 1. The number of amides is 1. The SMILES string of the molecule is COc1cc(C)c(/C(O)=C2\C(=O)C(=O)N(c3ccc(Cl)cc3)C2c2ccc(O)cc2)cc1C. The van der Waals surface area contributed by atoms with Crippen LogP contribution >= 0.6 is 11.6 Å². The number of aromatic hydroxyl groups is 1. The Labute approximate surface area is 196 Å². The first-order valence-corrected chi connectivity index (χ1v) is 10.6. The number of rotatable bonds is 4. The fourth-order valence-electron chi connectivity index (χ4n) is 4.08. The number of ketones is 1. The number of nitrogens with zero attached hydrogens (tertiary/aromatic N) is 1. The molecule has 1 heterocycles. The van der Waals surface area contributed by atoms with Gasteiger partial charge in [0, 0.05) is 16.3 Å². The van der Waals surface area contributed by atoms with E-state index < -0.39 is 17.7 Å². The highest BCUT2D eigenvalue weighted by Gasteiger charge is 2.47. The molecule has 7 heteroatoms. The minimum absolute atomic E-state index is 0.0340. The standard InChI is InChI=1S/C26H22ClNO5/c1-14-13-21(33-3)15(2)12-20(14)24(30)22-23(16-4-10-19(29)11-5-16)28(26(32)25(22)31)18-8-6-17(27)7-9-18/h4-13,23,29-30H,1-3H3/b24-22+. The molecule has 1 atom stereocenters. The molecule has 1 fully saturated rings. The van der Waals surface area contributed by atoms with E-state index in [1.807, 2.05) is 6.92 Å². The number of carbonyl (C=O) groups is 2. The molecule has 0 aliphatic carbocycles. The lowest BCUT2D eigenvalue weighted by Gasteiger charge is -2.25. The summed E-state index contributed by atoms with van der Waals surface area (Å²) in [7, 11) is 1.56. The summed E-state index contributed by atoms with van der Waals surface area (Å²) in [6, 6.07) is 15.3. The van der Waals surface area contributed by atoms with E-state index in [0.29, 0.717) is 33.1 Å². The number of phenolic OH excluding ortho intramolecular Hbond substituents is 1. The molecule has 0 spiro atoms. The van der Waals surface area contributed by atoms with Crippen LogP contribution in [-0.2, 0) is 9.59 Å². The van der Waals surface area contributed by atoms with Gasteiger partial charge >= 0.3 is 0 Å². The molecule has 6 nitrogen and oxygen atoms in total. The van der Waals surface area contributed by atoms with E-state index in [1.165, 1.54) is 17.0 Å². The van der Waals surface area contributed by atoms with Gasteiger partial charge in [-0.15, -0.1) is 0 Å². The monoisotopic (exact) mass is 463 g/mol. The molecule has 1 saturated heterocycles. The van der Waals surface area contributed by atoms with Gasteiger partial charge < -0.3 is 14.9 Å². The minimum Gasteiger partial charge on any atom is -0.508 e. The Kier molecular flexibility index (Phi) is 5.87. The zero-order chi connectivity index (χ0) is 23.9. The third-order valence-corrected chi connectivity index (χ3v) is 6.01. The van der Waals surface area contributed by atoms with Gasteiger partial charge in [0.25, 0.3) is 11.7 Å². The van der Waals surface area contributed by atoms with Crippen molar-refractivity contribution in [2.24, 2.45) is 0 Å². The Balaban J connectivity index is 1.96. The average Bonchev–Trinajstić information content (AvgIpc) is 3.06. The predicted octanol–water partition coefficient (Wildman–Crippen LogP) is 5.30. The number of anilines is 1. The fourth-order valence-corrected chi connectivity index (χ4v) is 4.21. The molecule has 1 aliphatic heterocycles. The Bertz CT molecular complexity index is 1280. The molecule has 0 aromatic heterocycles. The van der Waals surface area contributed by atoms with Crippen molar-refractivity contribution in [2.75, 3.05) is 12.0 Å². The van der Waals surface area contributed by atoms with Gasteiger partial charge in [-0.3, -0.25) is 14.5 Å². The van der Waals surface area contributed by atoms with E-state index >= 15 is 0 Å². The highest BCUT2D eigenvalue weighted by atomic mass is 35.5. The number of carbonyl (C=O) groups excluding carboxylic acids is 2. The van der Waals surface area contributed by atoms with Crippen molar-refractivity contribution in [3.05, 3.63) is 93.5 Å². The van der Waals surface area contributed by atoms with Crippen molar-refractivity contribution in [3.63, 3.8) is 0 Å². The molecule has 3 aromatic rings. The Morgan fingerprint density at radius 3 is 2.21 bits per heavy atom. The predicted molar refractivity (Wildman–Crippen MR) is 127 cm³/mol. The lowest BCUT2D eigenvalue weighted by molar-refractivity contribution is -0.132. The van der Waals surface area contributed by atoms with Gasteiger partial charge in [-0.05, 0) is 79.1 Å². The molecular weight excluding hydrogens is 442 g/mol. The van der Waals surface area contributed by atoms with Crippen LogP contribution in [-0.4, -0.2) is 29.0 Å². The quantitative estimate of drug-likeness (QED) is 0.311. The average molecular weight is 464 g/mol. The van der Waals surface area contributed by atoms with Crippen molar-refractivity contribution in [2.45, 2.75) is 19.9 Å². The zero-order valence-electron chi connectivity index (χ0n) is 18.3. The van der Waals surface area contributed by atoms with E-state index in [9.17, 15) is 19.8 Å². The Morgan fingerprint density at radius 1 is 0.970 bits per heavy atom. The summed E-state index contributed by atoms with van der Waals surface area (Å²) >= 11 is 6.01. The summed E-state index contributed by atoms with van der Waals surface area (Å²) in [4.78, 5) is 27.7. The summed E-state index contributed by atoms with van der Waals surface area (Å²) < 4.78 is 5.35. The third kappa shape index (κ3) is 3.94. The highest BCUT2D eigenvalue weighted by Crippen LogP contribution is 2.43. The molecule has 4 rings (SSSR count). The number of hydrogen-bond donors (Lipinski definition) is 2. The molecular formula is C26H22ClNO5. The minimum atomic E-state index is -0.895. The Morgan fingerprint density at radius 2 is 1.61 bits per heavy atom. The second kappa shape index (κ2) is 8.64. The second-order valence-corrected chi connectivity index (χ2v) is 8.31. The maximum Gasteiger partial charge on any atom is 0.300 e. The van der Waals surface area contributed by atoms with E-state index in [1.54, 1.807) is 62.6 Å². The van der Waals surface area contributed by atoms with Gasteiger partial charge in [0.2, 0.25) is 0 Å². The molecule has 0 saturated carbocycles. The van der Waals surface area contributed by atoms with Gasteiger partial charge in [0.15, 0.2) is 0 Å². The molecule has 33 heavy (non-hydrogen) atoms. The Hall–Kier alpha value is -3.77. The van der Waals surface area contributed by atoms with Crippen molar-refractivity contribution >= 4 is 34.7 Å². The number of aliphatic hydroxyl groups is 1. The van der Waals surface area contributed by atoms with Crippen LogP contribution in [0.25, 0.3) is 5.76 Å². The van der Waals surface area contributed by atoms with Crippen LogP contribution in [0, 0.1) is 13.8 Å². The molecule has 0 bridgehead atoms. The first-order valence-electron chi connectivity index (χ1n) is 10.2. The van der Waals surface area contributed by atoms with Crippen molar-refractivity contribution < 1.29 is 24.5 Å². The van der Waals surface area contributed by atoms with Crippen LogP contribution in [0.5, 0.6) is 11.5 Å². The fraction of sp³-hybridized carbons (Fsp3) is 0.154. The second-order valence-electron chi connectivity index (χ2n) is 7.87. The van der Waals surface area contributed by atoms with Crippen molar-refractivity contribution in [3.8, 4) is 11.5 Å². The summed E-state index contributed by atoms with van der Waals surface area (Å²) in [5.74, 6) is -1.14. The van der Waals surface area contributed by atoms with Crippen LogP contribution in [0.1, 0.15) is 28.3 Å². The summed E-state index contributed by atoms with van der Waals surface area (Å²) in [6.45, 7) is 3.63. The van der Waals surface area contributed by atoms with Gasteiger partial charge in [0.05, 0.1) is 18.7 Å². The molecule has 2 N–H and O–H groups in total. The number of phenols is 1. The first kappa shape index (κ1) is 22.4. The molecule has 3 aromatic carbocycles. The number of Topliss-reactive ketones (excluding diaryl/α,β-unsaturated/α-hetero) is 1. The van der Waals surface area contributed by atoms with Crippen LogP contribution in [0.15, 0.2) is 66.2 Å². The van der Waals surface area contributed by atoms with Crippen LogP contribution in [0.2, 0.25) is 5.02 Å². The summed E-state index contributed by atoms with van der Waals surface area (Å²) in [6.07, 6.45) is 0. The zero-order valence-corrected chi connectivity index (χ0v) is 19.1. The van der Waals surface area contributed by atoms with E-state index in [0.717, 1.165) is 5.56 Å². The lowest BCUT2D eigenvalue weighted by Crippen LogP contribution is -2.29. The third-order valence-electron chi connectivity index (χ3n) is 5.76.